The van der Waals surface area contributed by atoms with Crippen molar-refractivity contribution in [2.45, 2.75) is 26.9 Å². The minimum absolute atomic E-state index is 0.00484. The second-order valence-corrected chi connectivity index (χ2v) is 8.18. The first-order chi connectivity index (χ1) is 16.0. The van der Waals surface area contributed by atoms with Gasteiger partial charge in [0.15, 0.2) is 5.11 Å². The van der Waals surface area contributed by atoms with E-state index in [0.29, 0.717) is 23.6 Å². The molecule has 1 N–H and O–H groups in total. The highest BCUT2D eigenvalue weighted by molar-refractivity contribution is 7.80. The van der Waals surface area contributed by atoms with E-state index in [4.69, 9.17) is 17.0 Å². The molecular formula is C27H24N2O3S. The summed E-state index contributed by atoms with van der Waals surface area (Å²) in [5.41, 5.74) is 4.58. The van der Waals surface area contributed by atoms with Crippen molar-refractivity contribution in [3.63, 3.8) is 0 Å². The first-order valence-corrected chi connectivity index (χ1v) is 11.1. The van der Waals surface area contributed by atoms with E-state index in [1.54, 1.807) is 6.08 Å². The Morgan fingerprint density at radius 1 is 0.970 bits per heavy atom. The number of carbonyl (C=O) groups is 2. The number of carbonyl (C=O) groups excluding carboxylic acids is 2. The van der Waals surface area contributed by atoms with Gasteiger partial charge >= 0.3 is 0 Å². The van der Waals surface area contributed by atoms with Crippen LogP contribution >= 0.6 is 12.2 Å². The maximum atomic E-state index is 13.3. The lowest BCUT2D eigenvalue weighted by Crippen LogP contribution is -2.54. The molecule has 33 heavy (non-hydrogen) atoms. The number of nitrogens with one attached hydrogen (secondary N) is 1. The average Bonchev–Trinajstić information content (AvgIpc) is 2.81. The lowest BCUT2D eigenvalue weighted by Gasteiger charge is -2.29. The number of anilines is 1. The van der Waals surface area contributed by atoms with Crippen molar-refractivity contribution in [2.24, 2.45) is 0 Å². The first-order valence-electron chi connectivity index (χ1n) is 10.7. The third-order valence-electron chi connectivity index (χ3n) is 5.40. The third-order valence-corrected chi connectivity index (χ3v) is 5.68. The van der Waals surface area contributed by atoms with E-state index in [2.05, 4.69) is 18.3 Å². The Labute approximate surface area is 198 Å². The molecule has 5 nitrogen and oxygen atoms in total. The van der Waals surface area contributed by atoms with E-state index in [1.807, 2.05) is 73.7 Å². The van der Waals surface area contributed by atoms with Crippen molar-refractivity contribution in [3.05, 3.63) is 101 Å². The zero-order valence-electron chi connectivity index (χ0n) is 18.5. The Bertz CT molecular complexity index is 1250. The number of hydrogen-bond donors (Lipinski definition) is 1. The van der Waals surface area contributed by atoms with Crippen molar-refractivity contribution in [1.29, 1.82) is 0 Å². The summed E-state index contributed by atoms with van der Waals surface area (Å²) in [6, 6.07) is 22.9. The summed E-state index contributed by atoms with van der Waals surface area (Å²) < 4.78 is 6.02. The summed E-state index contributed by atoms with van der Waals surface area (Å²) in [4.78, 5) is 27.3. The summed E-state index contributed by atoms with van der Waals surface area (Å²) in [5, 5.41) is 2.69. The highest BCUT2D eigenvalue weighted by Gasteiger charge is 2.34. The number of aryl methyl sites for hydroxylation is 2. The monoisotopic (exact) mass is 456 g/mol. The zero-order valence-corrected chi connectivity index (χ0v) is 19.3. The molecule has 3 aromatic rings. The molecule has 0 unspecified atom stereocenters. The molecular weight excluding hydrogens is 432 g/mol. The largest absolute Gasteiger partial charge is 0.488 e. The van der Waals surface area contributed by atoms with Gasteiger partial charge in [0.1, 0.15) is 17.9 Å². The number of amides is 2. The number of nitrogens with zero attached hydrogens (tertiary/aromatic N) is 1. The molecule has 1 aliphatic rings. The van der Waals surface area contributed by atoms with E-state index >= 15 is 0 Å². The minimum Gasteiger partial charge on any atom is -0.488 e. The van der Waals surface area contributed by atoms with Gasteiger partial charge in [-0.15, -0.1) is 0 Å². The van der Waals surface area contributed by atoms with Crippen molar-refractivity contribution >= 4 is 40.9 Å². The van der Waals surface area contributed by atoms with Crippen LogP contribution in [0.1, 0.15) is 29.2 Å². The van der Waals surface area contributed by atoms with Gasteiger partial charge in [-0.3, -0.25) is 19.8 Å². The molecule has 6 heteroatoms. The Morgan fingerprint density at radius 2 is 1.73 bits per heavy atom. The average molecular weight is 457 g/mol. The topological polar surface area (TPSA) is 58.6 Å². The van der Waals surface area contributed by atoms with Crippen LogP contribution in [0.3, 0.4) is 0 Å². The van der Waals surface area contributed by atoms with Crippen LogP contribution in [0, 0.1) is 6.92 Å². The van der Waals surface area contributed by atoms with Gasteiger partial charge in [-0.1, -0.05) is 67.1 Å². The van der Waals surface area contributed by atoms with Gasteiger partial charge in [0.25, 0.3) is 11.8 Å². The minimum atomic E-state index is -0.528. The van der Waals surface area contributed by atoms with E-state index in [1.165, 1.54) is 4.90 Å². The summed E-state index contributed by atoms with van der Waals surface area (Å²) in [5.74, 6) is -0.416. The van der Waals surface area contributed by atoms with Crippen molar-refractivity contribution in [2.75, 3.05) is 4.90 Å². The Hall–Kier alpha value is -3.77. The van der Waals surface area contributed by atoms with E-state index in [-0.39, 0.29) is 10.7 Å². The van der Waals surface area contributed by atoms with E-state index in [0.717, 1.165) is 23.1 Å². The van der Waals surface area contributed by atoms with Gasteiger partial charge in [-0.25, -0.2) is 0 Å². The van der Waals surface area contributed by atoms with Crippen LogP contribution in [-0.2, 0) is 22.6 Å². The number of hydrogen-bond acceptors (Lipinski definition) is 4. The van der Waals surface area contributed by atoms with Crippen molar-refractivity contribution in [1.82, 2.24) is 5.32 Å². The fourth-order valence-corrected chi connectivity index (χ4v) is 3.90. The van der Waals surface area contributed by atoms with Gasteiger partial charge in [0, 0.05) is 5.56 Å². The van der Waals surface area contributed by atoms with Crippen LogP contribution in [-0.4, -0.2) is 16.9 Å². The van der Waals surface area contributed by atoms with Crippen molar-refractivity contribution in [3.8, 4) is 5.75 Å². The van der Waals surface area contributed by atoms with Crippen LogP contribution < -0.4 is 15.0 Å². The van der Waals surface area contributed by atoms with Crippen LogP contribution in [0.4, 0.5) is 5.69 Å². The molecule has 0 aromatic heterocycles. The quantitative estimate of drug-likeness (QED) is 0.323. The lowest BCUT2D eigenvalue weighted by molar-refractivity contribution is -0.122. The van der Waals surface area contributed by atoms with Gasteiger partial charge in [-0.2, -0.15) is 0 Å². The molecule has 0 atom stereocenters. The maximum Gasteiger partial charge on any atom is 0.270 e. The molecule has 0 saturated carbocycles. The number of para-hydroxylation sites is 1. The fourth-order valence-electron chi connectivity index (χ4n) is 3.62. The van der Waals surface area contributed by atoms with Crippen LogP contribution in [0.15, 0.2) is 78.4 Å². The molecule has 166 valence electrons. The molecule has 3 aromatic carbocycles. The predicted octanol–water partition coefficient (Wildman–Crippen LogP) is 4.97. The molecule has 0 spiro atoms. The molecule has 1 heterocycles. The summed E-state index contributed by atoms with van der Waals surface area (Å²) in [7, 11) is 0. The van der Waals surface area contributed by atoms with Gasteiger partial charge in [0.05, 0.1) is 5.69 Å². The molecule has 0 bridgehead atoms. The normalized spacial score (nSPS) is 15.0. The molecule has 4 rings (SSSR count). The molecule has 2 amide bonds. The lowest BCUT2D eigenvalue weighted by atomic mass is 10.1. The molecule has 0 radical (unpaired) electrons. The second kappa shape index (κ2) is 9.79. The highest BCUT2D eigenvalue weighted by atomic mass is 32.1. The summed E-state index contributed by atoms with van der Waals surface area (Å²) >= 11 is 5.30. The van der Waals surface area contributed by atoms with E-state index in [9.17, 15) is 9.59 Å². The summed E-state index contributed by atoms with van der Waals surface area (Å²) in [6.45, 7) is 4.47. The predicted molar refractivity (Wildman–Crippen MR) is 134 cm³/mol. The Kier molecular flexibility index (Phi) is 6.66. The fraction of sp³-hybridized carbons (Fsp3) is 0.148. The Morgan fingerprint density at radius 3 is 2.45 bits per heavy atom. The first kappa shape index (κ1) is 22.4. The molecule has 1 aliphatic heterocycles. The van der Waals surface area contributed by atoms with Crippen LogP contribution in [0.2, 0.25) is 0 Å². The maximum absolute atomic E-state index is 13.3. The van der Waals surface area contributed by atoms with Gasteiger partial charge < -0.3 is 4.74 Å². The number of thiocarbonyl (C=S) groups is 1. The van der Waals surface area contributed by atoms with Crippen LogP contribution in [0.5, 0.6) is 5.75 Å². The van der Waals surface area contributed by atoms with Gasteiger partial charge in [-0.05, 0) is 61.0 Å². The third kappa shape index (κ3) is 5.02. The number of benzene rings is 3. The molecule has 0 aliphatic carbocycles. The number of rotatable bonds is 6. The SMILES string of the molecule is CCc1ccc(N2C(=O)C(=Cc3ccccc3OCc3cccc(C)c3)C(=O)NC2=S)cc1. The van der Waals surface area contributed by atoms with Crippen LogP contribution in [0.25, 0.3) is 6.08 Å². The van der Waals surface area contributed by atoms with Gasteiger partial charge in [0.2, 0.25) is 0 Å². The highest BCUT2D eigenvalue weighted by Crippen LogP contribution is 2.26. The summed E-state index contributed by atoms with van der Waals surface area (Å²) in [6.07, 6.45) is 2.44. The Balaban J connectivity index is 1.62. The van der Waals surface area contributed by atoms with E-state index < -0.39 is 11.8 Å². The molecule has 1 saturated heterocycles. The zero-order chi connectivity index (χ0) is 23.4. The number of ether oxygens (including phenoxy) is 1. The smallest absolute Gasteiger partial charge is 0.270 e. The van der Waals surface area contributed by atoms with Crippen molar-refractivity contribution < 1.29 is 14.3 Å². The molecule has 1 fully saturated rings. The standard InChI is InChI=1S/C27H24N2O3S/c1-3-19-11-13-22(14-12-19)29-26(31)23(25(30)28-27(29)33)16-21-9-4-5-10-24(21)32-17-20-8-6-7-18(2)15-20/h4-16H,3,17H2,1-2H3,(H,28,30,33). The second-order valence-electron chi connectivity index (χ2n) is 7.79.